The van der Waals surface area contributed by atoms with Crippen molar-refractivity contribution in [2.24, 2.45) is 0 Å². The molecule has 0 aromatic heterocycles. The van der Waals surface area contributed by atoms with E-state index < -0.39 is 16.6 Å². The second kappa shape index (κ2) is 6.60. The Hall–Kier alpha value is 1.05. The zero-order valence-electron chi connectivity index (χ0n) is 9.54. The van der Waals surface area contributed by atoms with Crippen LogP contribution in [0.5, 0.6) is 0 Å². The molecule has 0 saturated heterocycles. The lowest BCUT2D eigenvalue weighted by Crippen LogP contribution is -2.25. The highest BCUT2D eigenvalue weighted by Gasteiger charge is 2.17. The van der Waals surface area contributed by atoms with Gasteiger partial charge in [0.1, 0.15) is 0 Å². The van der Waals surface area contributed by atoms with E-state index in [-0.39, 0.29) is 0 Å². The molecule has 0 rings (SSSR count). The molecule has 2 N–H and O–H groups in total. The van der Waals surface area contributed by atoms with Gasteiger partial charge in [-0.2, -0.15) is 0 Å². The van der Waals surface area contributed by atoms with E-state index in [0.29, 0.717) is 0 Å². The quantitative estimate of drug-likeness (QED) is 0.424. The van der Waals surface area contributed by atoms with Crippen molar-refractivity contribution in [2.45, 2.75) is 38.3 Å². The zero-order valence-corrected chi connectivity index (χ0v) is 13.2. The van der Waals surface area contributed by atoms with Crippen LogP contribution in [0.1, 0.15) is 0 Å². The van der Waals surface area contributed by atoms with E-state index in [1.807, 2.05) is 47.8 Å². The van der Waals surface area contributed by atoms with Gasteiger partial charge in [0.2, 0.25) is 0 Å². The summed E-state index contributed by atoms with van der Waals surface area (Å²) in [4.78, 5) is 19.2. The summed E-state index contributed by atoms with van der Waals surface area (Å²) in [5.74, 6) is 2.07. The second-order valence-corrected chi connectivity index (χ2v) is 15.7. The molecular formula is C8H22O2S2Si2. The average Bonchev–Trinajstić information content (AvgIpc) is 1.92. The Bertz CT molecular complexity index is 136. The van der Waals surface area contributed by atoms with Crippen molar-refractivity contribution in [1.29, 1.82) is 0 Å². The summed E-state index contributed by atoms with van der Waals surface area (Å²) in [5, 5.41) is 0. The predicted molar refractivity (Wildman–Crippen MR) is 73.9 cm³/mol. The van der Waals surface area contributed by atoms with Crippen molar-refractivity contribution >= 4 is 38.2 Å². The third-order valence-corrected chi connectivity index (χ3v) is 7.76. The Morgan fingerprint density at radius 2 is 1.07 bits per heavy atom. The molecule has 0 aromatic rings. The molecule has 14 heavy (non-hydrogen) atoms. The molecule has 0 aromatic carbocycles. The van der Waals surface area contributed by atoms with Gasteiger partial charge in [0, 0.05) is 11.5 Å². The van der Waals surface area contributed by atoms with Crippen LogP contribution < -0.4 is 0 Å². The summed E-state index contributed by atoms with van der Waals surface area (Å²) in [6.45, 7) is 7.90. The van der Waals surface area contributed by atoms with E-state index in [2.05, 4.69) is 0 Å². The Labute approximate surface area is 97.5 Å². The van der Waals surface area contributed by atoms with E-state index in [1.165, 1.54) is 0 Å². The monoisotopic (exact) mass is 270 g/mol. The largest absolute Gasteiger partial charge is 0.432 e. The summed E-state index contributed by atoms with van der Waals surface area (Å²) < 4.78 is 0. The molecule has 0 saturated carbocycles. The fourth-order valence-electron chi connectivity index (χ4n) is 0.701. The van der Waals surface area contributed by atoms with Crippen molar-refractivity contribution in [3.63, 3.8) is 0 Å². The third kappa shape index (κ3) is 13.1. The van der Waals surface area contributed by atoms with Crippen LogP contribution in [0.3, 0.4) is 0 Å². The Morgan fingerprint density at radius 1 is 0.786 bits per heavy atom. The molecule has 2 nitrogen and oxygen atoms in total. The van der Waals surface area contributed by atoms with Gasteiger partial charge in [-0.1, -0.05) is 21.6 Å². The van der Waals surface area contributed by atoms with E-state index in [9.17, 15) is 9.59 Å². The first-order chi connectivity index (χ1) is 6.21. The van der Waals surface area contributed by atoms with Crippen LogP contribution in [0.4, 0.5) is 0 Å². The molecule has 0 atom stereocenters. The lowest BCUT2D eigenvalue weighted by atomic mass is 11.0. The topological polar surface area (TPSA) is 40.5 Å². The maximum absolute atomic E-state index is 9.59. The van der Waals surface area contributed by atoms with Gasteiger partial charge in [-0.3, -0.25) is 0 Å². The van der Waals surface area contributed by atoms with E-state index >= 15 is 0 Å². The highest BCUT2D eigenvalue weighted by atomic mass is 33.1. The maximum atomic E-state index is 9.59. The minimum absolute atomic E-state index is 0.963. The Balaban J connectivity index is 3.23. The summed E-state index contributed by atoms with van der Waals surface area (Å²) >= 11 is 0. The smallest absolute Gasteiger partial charge is 0.183 e. The Kier molecular flexibility index (Phi) is 7.09. The van der Waals surface area contributed by atoms with Gasteiger partial charge in [-0.05, 0) is 38.3 Å². The molecular weight excluding hydrogens is 248 g/mol. The lowest BCUT2D eigenvalue weighted by Gasteiger charge is -2.14. The van der Waals surface area contributed by atoms with Gasteiger partial charge in [-0.25, -0.2) is 0 Å². The first-order valence-electron chi connectivity index (χ1n) is 4.90. The third-order valence-electron chi connectivity index (χ3n) is 1.68. The molecule has 86 valence electrons. The van der Waals surface area contributed by atoms with Crippen LogP contribution >= 0.6 is 21.6 Å². The molecule has 0 amide bonds. The standard InChI is InChI=1S/C8H22O2S2Si2/c1-13(2,9)7-5-11-12-6-8-14(3,4)10/h9-10H,5-8H2,1-4H3. The van der Waals surface area contributed by atoms with Crippen molar-refractivity contribution in [2.75, 3.05) is 11.5 Å². The molecule has 0 fully saturated rings. The zero-order chi connectivity index (χ0) is 11.2. The average molecular weight is 271 g/mol. The van der Waals surface area contributed by atoms with Gasteiger partial charge in [0.05, 0.1) is 0 Å². The van der Waals surface area contributed by atoms with Gasteiger partial charge in [0.15, 0.2) is 16.6 Å². The summed E-state index contributed by atoms with van der Waals surface area (Å²) in [6.07, 6.45) is 0. The molecule has 0 radical (unpaired) electrons. The van der Waals surface area contributed by atoms with Crippen LogP contribution in [0, 0.1) is 0 Å². The molecule has 6 heteroatoms. The Morgan fingerprint density at radius 3 is 1.29 bits per heavy atom. The lowest BCUT2D eigenvalue weighted by molar-refractivity contribution is 0.551. The van der Waals surface area contributed by atoms with Crippen LogP contribution in [0.15, 0.2) is 0 Å². The van der Waals surface area contributed by atoms with Gasteiger partial charge >= 0.3 is 0 Å². The van der Waals surface area contributed by atoms with Crippen molar-refractivity contribution < 1.29 is 9.59 Å². The molecule has 0 aliphatic carbocycles. The molecule has 0 spiro atoms. The number of hydrogen-bond donors (Lipinski definition) is 2. The van der Waals surface area contributed by atoms with Crippen LogP contribution in [-0.4, -0.2) is 37.7 Å². The van der Waals surface area contributed by atoms with Crippen LogP contribution in [0.2, 0.25) is 38.3 Å². The molecule has 0 heterocycles. The molecule has 0 bridgehead atoms. The highest BCUT2D eigenvalue weighted by Crippen LogP contribution is 2.26. The van der Waals surface area contributed by atoms with E-state index in [4.69, 9.17) is 0 Å². The summed E-state index contributed by atoms with van der Waals surface area (Å²) in [7, 11) is -0.0112. The molecule has 0 aliphatic heterocycles. The van der Waals surface area contributed by atoms with Crippen molar-refractivity contribution in [3.8, 4) is 0 Å². The van der Waals surface area contributed by atoms with Gasteiger partial charge < -0.3 is 9.59 Å². The molecule has 0 aliphatic rings. The SMILES string of the molecule is C[Si](C)(O)CCSSCC[Si](C)(C)O. The van der Waals surface area contributed by atoms with Gasteiger partial charge in [-0.15, -0.1) is 0 Å². The van der Waals surface area contributed by atoms with Crippen molar-refractivity contribution in [1.82, 2.24) is 0 Å². The number of rotatable bonds is 7. The fraction of sp³-hybridized carbons (Fsp3) is 1.00. The normalized spacial score (nSPS) is 13.3. The number of hydrogen-bond acceptors (Lipinski definition) is 4. The summed E-state index contributed by atoms with van der Waals surface area (Å²) in [5.41, 5.74) is 0. The van der Waals surface area contributed by atoms with Crippen LogP contribution in [-0.2, 0) is 0 Å². The van der Waals surface area contributed by atoms with Gasteiger partial charge in [0.25, 0.3) is 0 Å². The van der Waals surface area contributed by atoms with E-state index in [1.54, 1.807) is 0 Å². The first kappa shape index (κ1) is 15.1. The molecule has 0 unspecified atom stereocenters. The predicted octanol–water partition coefficient (Wildman–Crippen LogP) is 2.76. The minimum atomic E-state index is -1.83. The van der Waals surface area contributed by atoms with Crippen LogP contribution in [0.25, 0.3) is 0 Å². The highest BCUT2D eigenvalue weighted by molar-refractivity contribution is 8.76. The van der Waals surface area contributed by atoms with Crippen molar-refractivity contribution in [3.05, 3.63) is 0 Å². The van der Waals surface area contributed by atoms with E-state index in [0.717, 1.165) is 23.6 Å². The first-order valence-corrected chi connectivity index (χ1v) is 13.7. The second-order valence-electron chi connectivity index (χ2n) is 4.77. The fourth-order valence-corrected chi connectivity index (χ4v) is 7.81. The summed E-state index contributed by atoms with van der Waals surface area (Å²) in [6, 6.07) is 1.93. The minimum Gasteiger partial charge on any atom is -0.432 e. The maximum Gasteiger partial charge on any atom is 0.183 e.